The highest BCUT2D eigenvalue weighted by Crippen LogP contribution is 2.46. The van der Waals surface area contributed by atoms with Crippen LogP contribution in [0.1, 0.15) is 48.8 Å². The van der Waals surface area contributed by atoms with Gasteiger partial charge in [-0.2, -0.15) is 0 Å². The van der Waals surface area contributed by atoms with E-state index in [9.17, 15) is 9.18 Å². The summed E-state index contributed by atoms with van der Waals surface area (Å²) in [5.74, 6) is -0.916. The van der Waals surface area contributed by atoms with E-state index in [1.807, 2.05) is 0 Å². The number of nitrogens with one attached hydrogen (secondary N) is 1. The number of piperidine rings is 1. The summed E-state index contributed by atoms with van der Waals surface area (Å²) in [7, 11) is 0. The number of hydrogen-bond donors (Lipinski definition) is 2. The van der Waals surface area contributed by atoms with Crippen LogP contribution in [0.25, 0.3) is 0 Å². The van der Waals surface area contributed by atoms with Gasteiger partial charge in [-0.05, 0) is 79.6 Å². The molecule has 0 radical (unpaired) electrons. The molecule has 0 atom stereocenters. The Morgan fingerprint density at radius 3 is 2.63 bits per heavy atom. The molecule has 1 spiro atoms. The van der Waals surface area contributed by atoms with E-state index < -0.39 is 11.8 Å². The van der Waals surface area contributed by atoms with E-state index in [0.29, 0.717) is 23.3 Å². The molecule has 6 heteroatoms. The van der Waals surface area contributed by atoms with Crippen molar-refractivity contribution in [3.63, 3.8) is 0 Å². The summed E-state index contributed by atoms with van der Waals surface area (Å²) in [5, 5.41) is 12.4. The van der Waals surface area contributed by atoms with E-state index in [4.69, 9.17) is 9.84 Å². The van der Waals surface area contributed by atoms with Crippen molar-refractivity contribution in [3.05, 3.63) is 88.4 Å². The molecular formula is C29H33FN2O3. The highest BCUT2D eigenvalue weighted by Gasteiger charge is 2.42. The first-order valence-corrected chi connectivity index (χ1v) is 12.6. The van der Waals surface area contributed by atoms with Crippen LogP contribution in [0.5, 0.6) is 5.75 Å². The molecule has 2 heterocycles. The van der Waals surface area contributed by atoms with Crippen LogP contribution < -0.4 is 10.1 Å². The molecule has 2 aliphatic heterocycles. The number of halogens is 1. The van der Waals surface area contributed by atoms with Gasteiger partial charge in [0.05, 0.1) is 0 Å². The maximum absolute atomic E-state index is 14.2. The standard InChI is InChI=1S/C29H33FN2O3/c30-26-17-24(11-9-23(26)10-12-28(33)34)35-19-22-7-5-21(6-8-22)18-32-15-13-29(14-16-32)20-31-27-4-2-1-3-25(27)29/h2,4-9,11,17,31H,1,3,10,12-16,18-20H2,(H,33,34). The third kappa shape index (κ3) is 5.43. The van der Waals surface area contributed by atoms with Gasteiger partial charge in [-0.1, -0.05) is 36.4 Å². The molecule has 5 rings (SSSR count). The lowest BCUT2D eigenvalue weighted by Gasteiger charge is -2.41. The minimum Gasteiger partial charge on any atom is -0.489 e. The van der Waals surface area contributed by atoms with E-state index in [1.54, 1.807) is 17.7 Å². The number of aryl methyl sites for hydroxylation is 1. The number of carbonyl (C=O) groups is 1. The normalized spacial score (nSPS) is 19.0. The Morgan fingerprint density at radius 2 is 1.89 bits per heavy atom. The van der Waals surface area contributed by atoms with Crippen LogP contribution in [0.4, 0.5) is 4.39 Å². The molecule has 1 aliphatic carbocycles. The Labute approximate surface area is 206 Å². The number of nitrogens with zero attached hydrogens (tertiary/aromatic N) is 1. The Bertz CT molecular complexity index is 1130. The molecule has 184 valence electrons. The van der Waals surface area contributed by atoms with Crippen molar-refractivity contribution in [2.75, 3.05) is 19.6 Å². The Hall–Kier alpha value is -3.12. The fraction of sp³-hybridized carbons (Fsp3) is 0.414. The lowest BCUT2D eigenvalue weighted by molar-refractivity contribution is -0.136. The second-order valence-corrected chi connectivity index (χ2v) is 10.00. The molecule has 35 heavy (non-hydrogen) atoms. The van der Waals surface area contributed by atoms with Gasteiger partial charge in [0, 0.05) is 36.7 Å². The molecule has 0 bridgehead atoms. The quantitative estimate of drug-likeness (QED) is 0.548. The molecule has 1 saturated heterocycles. The Balaban J connectivity index is 1.10. The second kappa shape index (κ2) is 10.2. The van der Waals surface area contributed by atoms with Crippen LogP contribution in [-0.2, 0) is 24.4 Å². The van der Waals surface area contributed by atoms with Crippen LogP contribution in [0, 0.1) is 11.2 Å². The van der Waals surface area contributed by atoms with Gasteiger partial charge in [0.25, 0.3) is 0 Å². The van der Waals surface area contributed by atoms with Crippen molar-refractivity contribution in [2.24, 2.45) is 5.41 Å². The minimum atomic E-state index is -0.933. The summed E-state index contributed by atoms with van der Waals surface area (Å²) in [6.45, 7) is 4.67. The number of fused-ring (bicyclic) bond motifs is 1. The van der Waals surface area contributed by atoms with E-state index in [0.717, 1.165) is 31.7 Å². The van der Waals surface area contributed by atoms with Gasteiger partial charge < -0.3 is 15.2 Å². The zero-order valence-electron chi connectivity index (χ0n) is 20.1. The predicted octanol–water partition coefficient (Wildman–Crippen LogP) is 5.21. The van der Waals surface area contributed by atoms with Crippen LogP contribution >= 0.6 is 0 Å². The fourth-order valence-corrected chi connectivity index (χ4v) is 5.60. The van der Waals surface area contributed by atoms with Crippen LogP contribution in [0.3, 0.4) is 0 Å². The van der Waals surface area contributed by atoms with E-state index >= 15 is 0 Å². The monoisotopic (exact) mass is 476 g/mol. The summed E-state index contributed by atoms with van der Waals surface area (Å²) >= 11 is 0. The number of carboxylic acids is 1. The zero-order valence-corrected chi connectivity index (χ0v) is 20.1. The van der Waals surface area contributed by atoms with Crippen LogP contribution in [0.15, 0.2) is 65.9 Å². The average molecular weight is 477 g/mol. The van der Waals surface area contributed by atoms with Gasteiger partial charge in [0.15, 0.2) is 0 Å². The van der Waals surface area contributed by atoms with Crippen molar-refractivity contribution in [1.82, 2.24) is 10.2 Å². The van der Waals surface area contributed by atoms with Crippen molar-refractivity contribution >= 4 is 5.97 Å². The van der Waals surface area contributed by atoms with E-state index in [1.165, 1.54) is 43.0 Å². The summed E-state index contributed by atoms with van der Waals surface area (Å²) < 4.78 is 20.0. The first-order valence-electron chi connectivity index (χ1n) is 12.6. The Morgan fingerprint density at radius 1 is 1.11 bits per heavy atom. The van der Waals surface area contributed by atoms with Gasteiger partial charge in [0.1, 0.15) is 18.2 Å². The average Bonchev–Trinajstić information content (AvgIpc) is 3.22. The first kappa shape index (κ1) is 23.6. The summed E-state index contributed by atoms with van der Waals surface area (Å²) in [6, 6.07) is 13.1. The molecule has 5 nitrogen and oxygen atoms in total. The van der Waals surface area contributed by atoms with Crippen molar-refractivity contribution in [3.8, 4) is 5.75 Å². The van der Waals surface area contributed by atoms with E-state index in [2.05, 4.69) is 46.6 Å². The third-order valence-corrected chi connectivity index (χ3v) is 7.71. The summed E-state index contributed by atoms with van der Waals surface area (Å²) in [5.41, 5.74) is 6.14. The molecule has 2 aromatic carbocycles. The number of ether oxygens (including phenoxy) is 1. The SMILES string of the molecule is O=C(O)CCc1ccc(OCc2ccc(CN3CCC4(CC3)CNC3=C4CCC=C3)cc2)cc1F. The maximum atomic E-state index is 14.2. The van der Waals surface area contributed by atoms with Crippen molar-refractivity contribution in [1.29, 1.82) is 0 Å². The number of rotatable bonds is 8. The second-order valence-electron chi connectivity index (χ2n) is 10.00. The van der Waals surface area contributed by atoms with Crippen LogP contribution in [0.2, 0.25) is 0 Å². The predicted molar refractivity (Wildman–Crippen MR) is 133 cm³/mol. The number of allylic oxidation sites excluding steroid dienone is 2. The van der Waals surface area contributed by atoms with Crippen LogP contribution in [-0.4, -0.2) is 35.6 Å². The highest BCUT2D eigenvalue weighted by molar-refractivity contribution is 5.67. The number of aliphatic carboxylic acids is 1. The van der Waals surface area contributed by atoms with Gasteiger partial charge in [0.2, 0.25) is 0 Å². The first-order chi connectivity index (χ1) is 17.0. The number of carboxylic acid groups (broad SMARTS) is 1. The molecule has 0 unspecified atom stereocenters. The van der Waals surface area contributed by atoms with Gasteiger partial charge in [-0.3, -0.25) is 9.69 Å². The number of benzene rings is 2. The third-order valence-electron chi connectivity index (χ3n) is 7.71. The summed E-state index contributed by atoms with van der Waals surface area (Å²) in [6.07, 6.45) is 9.49. The molecule has 0 amide bonds. The molecule has 0 saturated carbocycles. The highest BCUT2D eigenvalue weighted by atomic mass is 19.1. The number of hydrogen-bond acceptors (Lipinski definition) is 4. The van der Waals surface area contributed by atoms with E-state index in [-0.39, 0.29) is 12.8 Å². The van der Waals surface area contributed by atoms with Crippen molar-refractivity contribution < 1.29 is 19.0 Å². The fourth-order valence-electron chi connectivity index (χ4n) is 5.60. The molecular weight excluding hydrogens is 443 g/mol. The van der Waals surface area contributed by atoms with Crippen molar-refractivity contribution in [2.45, 2.75) is 51.7 Å². The van der Waals surface area contributed by atoms with Gasteiger partial charge in [-0.15, -0.1) is 0 Å². The lowest BCUT2D eigenvalue weighted by Crippen LogP contribution is -2.42. The molecule has 2 aromatic rings. The summed E-state index contributed by atoms with van der Waals surface area (Å²) in [4.78, 5) is 13.2. The molecule has 0 aromatic heterocycles. The van der Waals surface area contributed by atoms with Gasteiger partial charge >= 0.3 is 5.97 Å². The smallest absolute Gasteiger partial charge is 0.303 e. The number of likely N-dealkylation sites (tertiary alicyclic amines) is 1. The van der Waals surface area contributed by atoms with Gasteiger partial charge in [-0.25, -0.2) is 4.39 Å². The topological polar surface area (TPSA) is 61.8 Å². The zero-order chi connectivity index (χ0) is 24.3. The molecule has 3 aliphatic rings. The lowest BCUT2D eigenvalue weighted by atomic mass is 9.71. The Kier molecular flexibility index (Phi) is 6.91. The molecule has 1 fully saturated rings. The maximum Gasteiger partial charge on any atom is 0.303 e. The molecule has 2 N–H and O–H groups in total. The minimum absolute atomic E-state index is 0.0877. The largest absolute Gasteiger partial charge is 0.489 e.